The smallest absolute Gasteiger partial charge is 0.0347 e. The first-order chi connectivity index (χ1) is 25.2. The molecule has 0 aliphatic carbocycles. The number of fused-ring (bicyclic) bond motifs is 2. The van der Waals surface area contributed by atoms with E-state index in [0.717, 1.165) is 82.9 Å². The van der Waals surface area contributed by atoms with Crippen LogP contribution in [0, 0.1) is 0 Å². The first-order valence-corrected chi connectivity index (χ1v) is 17.3. The van der Waals surface area contributed by atoms with E-state index in [0.29, 0.717) is 0 Å². The van der Waals surface area contributed by atoms with E-state index in [1.54, 1.807) is 0 Å². The van der Waals surface area contributed by atoms with Crippen LogP contribution in [0.2, 0.25) is 0 Å². The molecule has 0 aliphatic heterocycles. The van der Waals surface area contributed by atoms with Crippen molar-refractivity contribution in [2.24, 2.45) is 0 Å². The summed E-state index contributed by atoms with van der Waals surface area (Å²) in [5.41, 5.74) is 13.4. The van der Waals surface area contributed by atoms with Gasteiger partial charge in [0.25, 0.3) is 0 Å². The molecule has 0 spiro atoms. The molecule has 0 fully saturated rings. The molecule has 0 N–H and O–H groups in total. The lowest BCUT2D eigenvalue weighted by atomic mass is 9.84. The van der Waals surface area contributed by atoms with Crippen molar-refractivity contribution in [2.75, 3.05) is 0 Å². The molecule has 0 saturated carbocycles. The molecular formula is C49H36N2. The second-order valence-electron chi connectivity index (χ2n) is 12.6. The highest BCUT2D eigenvalue weighted by Crippen LogP contribution is 2.44. The van der Waals surface area contributed by atoms with E-state index in [4.69, 9.17) is 4.98 Å². The van der Waals surface area contributed by atoms with Crippen LogP contribution in [0.5, 0.6) is 0 Å². The molecule has 0 amide bonds. The molecule has 0 unspecified atom stereocenters. The summed E-state index contributed by atoms with van der Waals surface area (Å²) in [4.78, 5) is 9.45. The van der Waals surface area contributed by atoms with Crippen molar-refractivity contribution < 1.29 is 0 Å². The number of aromatic nitrogens is 2. The zero-order chi connectivity index (χ0) is 34.6. The number of pyridine rings is 2. The molecule has 242 valence electrons. The largest absolute Gasteiger partial charge is 0.263 e. The molecule has 0 saturated heterocycles. The van der Waals surface area contributed by atoms with Crippen molar-refractivity contribution in [2.45, 2.75) is 6.92 Å². The van der Waals surface area contributed by atoms with Crippen LogP contribution in [0.25, 0.3) is 77.2 Å². The molecule has 51 heavy (non-hydrogen) atoms. The molecule has 8 aromatic rings. The highest BCUT2D eigenvalue weighted by molar-refractivity contribution is 6.20. The minimum atomic E-state index is 1.06. The summed E-state index contributed by atoms with van der Waals surface area (Å²) in [6, 6.07) is 51.5. The predicted octanol–water partition coefficient (Wildman–Crippen LogP) is 13.1. The molecule has 2 heteroatoms. The summed E-state index contributed by atoms with van der Waals surface area (Å²) in [5.74, 6) is 0. The predicted molar refractivity (Wildman–Crippen MR) is 217 cm³/mol. The molecule has 8 rings (SSSR count). The Hall–Kier alpha value is -6.64. The monoisotopic (exact) mass is 652 g/mol. The SMILES string of the molecule is C=C/C(=C\C(=C/C)c1ccccc1)c1c2ccccc2c(-c2cncc(-c3ccccc3)c2)c2ccc(-c3cncc(-c4ccccc4)c3)cc12. The third-order valence-electron chi connectivity index (χ3n) is 9.57. The van der Waals surface area contributed by atoms with Gasteiger partial charge in [-0.3, -0.25) is 9.97 Å². The van der Waals surface area contributed by atoms with Gasteiger partial charge in [0.2, 0.25) is 0 Å². The van der Waals surface area contributed by atoms with E-state index in [2.05, 4.69) is 164 Å². The van der Waals surface area contributed by atoms with Crippen LogP contribution in [-0.2, 0) is 0 Å². The quantitative estimate of drug-likeness (QED) is 0.121. The van der Waals surface area contributed by atoms with Crippen molar-refractivity contribution in [3.05, 3.63) is 206 Å². The Morgan fingerprint density at radius 3 is 1.57 bits per heavy atom. The van der Waals surface area contributed by atoms with Crippen molar-refractivity contribution in [1.29, 1.82) is 0 Å². The number of benzene rings is 6. The summed E-state index contributed by atoms with van der Waals surface area (Å²) in [5, 5.41) is 4.63. The summed E-state index contributed by atoms with van der Waals surface area (Å²) < 4.78 is 0. The number of nitrogens with zero attached hydrogens (tertiary/aromatic N) is 2. The molecule has 2 heterocycles. The number of allylic oxidation sites excluding steroid dienone is 5. The summed E-state index contributed by atoms with van der Waals surface area (Å²) >= 11 is 0. The van der Waals surface area contributed by atoms with Gasteiger partial charge in [-0.25, -0.2) is 0 Å². The fraction of sp³-hybridized carbons (Fsp3) is 0.0204. The van der Waals surface area contributed by atoms with E-state index in [9.17, 15) is 0 Å². The zero-order valence-electron chi connectivity index (χ0n) is 28.5. The van der Waals surface area contributed by atoms with Crippen molar-refractivity contribution in [3.8, 4) is 44.5 Å². The van der Waals surface area contributed by atoms with Gasteiger partial charge in [-0.05, 0) is 97.3 Å². The van der Waals surface area contributed by atoms with Gasteiger partial charge in [-0.1, -0.05) is 146 Å². The van der Waals surface area contributed by atoms with Gasteiger partial charge in [0.05, 0.1) is 0 Å². The van der Waals surface area contributed by atoms with Gasteiger partial charge in [0.15, 0.2) is 0 Å². The maximum Gasteiger partial charge on any atom is 0.0347 e. The van der Waals surface area contributed by atoms with Crippen molar-refractivity contribution in [1.82, 2.24) is 9.97 Å². The van der Waals surface area contributed by atoms with Crippen LogP contribution in [0.4, 0.5) is 0 Å². The fourth-order valence-corrected chi connectivity index (χ4v) is 7.10. The summed E-state index contributed by atoms with van der Waals surface area (Å²) in [6.07, 6.45) is 14.3. The van der Waals surface area contributed by atoms with Crippen molar-refractivity contribution >= 4 is 32.7 Å². The summed E-state index contributed by atoms with van der Waals surface area (Å²) in [6.45, 7) is 6.46. The molecular weight excluding hydrogens is 617 g/mol. The Morgan fingerprint density at radius 2 is 0.961 bits per heavy atom. The maximum atomic E-state index is 4.77. The Labute approximate surface area is 299 Å². The van der Waals surface area contributed by atoms with Crippen LogP contribution >= 0.6 is 0 Å². The van der Waals surface area contributed by atoms with E-state index < -0.39 is 0 Å². The third-order valence-corrected chi connectivity index (χ3v) is 9.57. The number of rotatable bonds is 8. The van der Waals surface area contributed by atoms with Crippen molar-refractivity contribution in [3.63, 3.8) is 0 Å². The Bertz CT molecular complexity index is 2580. The van der Waals surface area contributed by atoms with Gasteiger partial charge in [0, 0.05) is 47.0 Å². The first kappa shape index (κ1) is 31.6. The molecule has 2 nitrogen and oxygen atoms in total. The Balaban J connectivity index is 1.42. The molecule has 2 aromatic heterocycles. The highest BCUT2D eigenvalue weighted by Gasteiger charge is 2.19. The minimum Gasteiger partial charge on any atom is -0.263 e. The second kappa shape index (κ2) is 14.1. The topological polar surface area (TPSA) is 25.8 Å². The lowest BCUT2D eigenvalue weighted by Crippen LogP contribution is -1.95. The normalized spacial score (nSPS) is 11.9. The molecule has 0 atom stereocenters. The van der Waals surface area contributed by atoms with Gasteiger partial charge in [-0.2, -0.15) is 0 Å². The average molecular weight is 653 g/mol. The van der Waals surface area contributed by atoms with Gasteiger partial charge < -0.3 is 0 Å². The van der Waals surface area contributed by atoms with Gasteiger partial charge >= 0.3 is 0 Å². The molecule has 0 radical (unpaired) electrons. The van der Waals surface area contributed by atoms with Crippen LogP contribution in [0.1, 0.15) is 18.1 Å². The van der Waals surface area contributed by atoms with Crippen LogP contribution in [0.3, 0.4) is 0 Å². The second-order valence-corrected chi connectivity index (χ2v) is 12.6. The van der Waals surface area contributed by atoms with Gasteiger partial charge in [-0.15, -0.1) is 0 Å². The average Bonchev–Trinajstić information content (AvgIpc) is 3.21. The standard InChI is InChI=1S/C49H36N2/c1-3-34(36-16-8-5-9-17-36)26-35(4-2)48-44-22-14-15-23-45(44)49(43-28-41(31-51-33-43)38-20-12-7-13-21-38)46-25-24-39(29-47(46)48)42-27-40(30-50-32-42)37-18-10-6-11-19-37/h3-33H,2H2,1H3/b34-3+,35-26+. The maximum absolute atomic E-state index is 4.77. The van der Waals surface area contributed by atoms with E-state index >= 15 is 0 Å². The summed E-state index contributed by atoms with van der Waals surface area (Å²) in [7, 11) is 0. The molecule has 0 aliphatic rings. The van der Waals surface area contributed by atoms with E-state index in [1.165, 1.54) is 5.39 Å². The Kier molecular flexibility index (Phi) is 8.72. The fourth-order valence-electron chi connectivity index (χ4n) is 7.10. The van der Waals surface area contributed by atoms with Crippen LogP contribution < -0.4 is 0 Å². The molecule has 0 bridgehead atoms. The Morgan fingerprint density at radius 1 is 0.451 bits per heavy atom. The van der Waals surface area contributed by atoms with E-state index in [-0.39, 0.29) is 0 Å². The first-order valence-electron chi connectivity index (χ1n) is 17.3. The highest BCUT2D eigenvalue weighted by atomic mass is 14.6. The van der Waals surface area contributed by atoms with Gasteiger partial charge in [0.1, 0.15) is 0 Å². The third kappa shape index (κ3) is 6.20. The lowest BCUT2D eigenvalue weighted by molar-refractivity contribution is 1.33. The lowest BCUT2D eigenvalue weighted by Gasteiger charge is -2.20. The molecule has 6 aromatic carbocycles. The van der Waals surface area contributed by atoms with Crippen LogP contribution in [0.15, 0.2) is 195 Å². The number of hydrogen-bond donors (Lipinski definition) is 0. The van der Waals surface area contributed by atoms with E-state index in [1.807, 2.05) is 43.0 Å². The van der Waals surface area contributed by atoms with Crippen LogP contribution in [-0.4, -0.2) is 9.97 Å². The number of hydrogen-bond acceptors (Lipinski definition) is 2. The zero-order valence-corrected chi connectivity index (χ0v) is 28.5. The minimum absolute atomic E-state index is 1.06.